The molecule has 1 heterocycles. The molecular formula is C7H4FIN2. The molecular weight excluding hydrogens is 258 g/mol. The molecule has 1 aromatic heterocycles. The van der Waals surface area contributed by atoms with Crippen LogP contribution < -0.4 is 0 Å². The molecule has 4 heteroatoms. The Labute approximate surface area is 75.9 Å². The van der Waals surface area contributed by atoms with Gasteiger partial charge in [0.25, 0.3) is 0 Å². The first-order valence-corrected chi connectivity index (χ1v) is 4.13. The molecule has 0 saturated carbocycles. The predicted octanol–water partition coefficient (Wildman–Crippen LogP) is 2.31. The predicted molar refractivity (Wildman–Crippen MR) is 48.8 cm³/mol. The Morgan fingerprint density at radius 2 is 2.27 bits per heavy atom. The highest BCUT2D eigenvalue weighted by atomic mass is 127. The highest BCUT2D eigenvalue weighted by Crippen LogP contribution is 2.17. The molecule has 0 aliphatic rings. The summed E-state index contributed by atoms with van der Waals surface area (Å²) >= 11 is 1.95. The normalized spacial score (nSPS) is 10.7. The van der Waals surface area contributed by atoms with Gasteiger partial charge in [0, 0.05) is 15.0 Å². The summed E-state index contributed by atoms with van der Waals surface area (Å²) in [5, 5.41) is 7.42. The number of nitrogens with one attached hydrogen (secondary N) is 1. The second kappa shape index (κ2) is 2.44. The summed E-state index contributed by atoms with van der Waals surface area (Å²) in [7, 11) is 0. The van der Waals surface area contributed by atoms with Crippen molar-refractivity contribution in [2.24, 2.45) is 0 Å². The zero-order valence-electron chi connectivity index (χ0n) is 5.44. The Balaban J connectivity index is 2.86. The number of H-pyrrole nitrogens is 1. The number of benzene rings is 1. The molecule has 1 aromatic carbocycles. The average Bonchev–Trinajstić information content (AvgIpc) is 2.36. The first kappa shape index (κ1) is 7.02. The van der Waals surface area contributed by atoms with Crippen molar-refractivity contribution in [1.82, 2.24) is 10.2 Å². The van der Waals surface area contributed by atoms with Crippen molar-refractivity contribution in [2.75, 3.05) is 0 Å². The lowest BCUT2D eigenvalue weighted by molar-refractivity contribution is 0.622. The van der Waals surface area contributed by atoms with Crippen LogP contribution in [0.2, 0.25) is 0 Å². The van der Waals surface area contributed by atoms with Crippen molar-refractivity contribution < 1.29 is 4.39 Å². The number of aromatic nitrogens is 2. The van der Waals surface area contributed by atoms with E-state index in [0.717, 1.165) is 10.9 Å². The van der Waals surface area contributed by atoms with Gasteiger partial charge in [0.15, 0.2) is 0 Å². The van der Waals surface area contributed by atoms with Crippen molar-refractivity contribution >= 4 is 33.5 Å². The van der Waals surface area contributed by atoms with Crippen molar-refractivity contribution in [2.45, 2.75) is 0 Å². The van der Waals surface area contributed by atoms with Crippen molar-refractivity contribution in [3.8, 4) is 0 Å². The van der Waals surface area contributed by atoms with Gasteiger partial charge in [0.2, 0.25) is 0 Å². The number of halogens is 2. The summed E-state index contributed by atoms with van der Waals surface area (Å²) in [6, 6.07) is 3.21. The maximum Gasteiger partial charge on any atom is 0.138 e. The van der Waals surface area contributed by atoms with Gasteiger partial charge < -0.3 is 0 Å². The second-order valence-electron chi connectivity index (χ2n) is 2.22. The molecule has 2 rings (SSSR count). The lowest BCUT2D eigenvalue weighted by Gasteiger charge is -1.92. The number of nitrogens with zero attached hydrogens (tertiary/aromatic N) is 1. The molecule has 0 saturated heterocycles. The number of rotatable bonds is 0. The highest BCUT2D eigenvalue weighted by Gasteiger charge is 2.01. The molecule has 0 aliphatic heterocycles. The number of fused-ring (bicyclic) bond motifs is 1. The molecule has 0 unspecified atom stereocenters. The van der Waals surface area contributed by atoms with E-state index in [9.17, 15) is 4.39 Å². The van der Waals surface area contributed by atoms with Crippen LogP contribution in [-0.2, 0) is 0 Å². The second-order valence-corrected chi connectivity index (χ2v) is 3.39. The molecule has 2 nitrogen and oxygen atoms in total. The number of hydrogen-bond acceptors (Lipinski definition) is 1. The molecule has 0 bridgehead atoms. The smallest absolute Gasteiger partial charge is 0.138 e. The molecule has 56 valence electrons. The Morgan fingerprint density at radius 3 is 3.09 bits per heavy atom. The molecule has 2 aromatic rings. The Morgan fingerprint density at radius 1 is 1.45 bits per heavy atom. The molecule has 0 radical (unpaired) electrons. The third kappa shape index (κ3) is 1.11. The first-order chi connectivity index (χ1) is 5.27. The SMILES string of the molecule is Fc1cc2[nH]ncc2cc1I. The molecule has 1 N–H and O–H groups in total. The van der Waals surface area contributed by atoms with Gasteiger partial charge in [-0.15, -0.1) is 0 Å². The minimum absolute atomic E-state index is 0.206. The van der Waals surface area contributed by atoms with E-state index in [1.54, 1.807) is 12.3 Å². The Bertz CT molecular complexity index is 360. The van der Waals surface area contributed by atoms with Crippen LogP contribution in [-0.4, -0.2) is 10.2 Å². The Kier molecular flexibility index (Phi) is 1.56. The molecule has 0 spiro atoms. The fraction of sp³-hybridized carbons (Fsp3) is 0. The van der Waals surface area contributed by atoms with Crippen LogP contribution in [0.3, 0.4) is 0 Å². The molecule has 0 aliphatic carbocycles. The number of aromatic amines is 1. The lowest BCUT2D eigenvalue weighted by atomic mass is 10.2. The molecule has 11 heavy (non-hydrogen) atoms. The van der Waals surface area contributed by atoms with Gasteiger partial charge in [0.05, 0.1) is 11.7 Å². The summed E-state index contributed by atoms with van der Waals surface area (Å²) in [5.41, 5.74) is 0.739. The van der Waals surface area contributed by atoms with E-state index in [4.69, 9.17) is 0 Å². The molecule has 0 atom stereocenters. The fourth-order valence-corrected chi connectivity index (χ4v) is 1.43. The summed E-state index contributed by atoms with van der Waals surface area (Å²) in [6.45, 7) is 0. The van der Waals surface area contributed by atoms with E-state index in [0.29, 0.717) is 3.57 Å². The van der Waals surface area contributed by atoms with Gasteiger partial charge in [-0.05, 0) is 28.7 Å². The average molecular weight is 262 g/mol. The van der Waals surface area contributed by atoms with E-state index in [1.165, 1.54) is 6.07 Å². The van der Waals surface area contributed by atoms with E-state index < -0.39 is 0 Å². The van der Waals surface area contributed by atoms with E-state index in [-0.39, 0.29) is 5.82 Å². The van der Waals surface area contributed by atoms with Gasteiger partial charge in [-0.2, -0.15) is 5.10 Å². The van der Waals surface area contributed by atoms with Crippen molar-refractivity contribution in [3.63, 3.8) is 0 Å². The zero-order chi connectivity index (χ0) is 7.84. The Hall–Kier alpha value is -0.650. The van der Waals surface area contributed by atoms with Crippen LogP contribution in [0, 0.1) is 9.39 Å². The van der Waals surface area contributed by atoms with Gasteiger partial charge in [-0.1, -0.05) is 0 Å². The minimum Gasteiger partial charge on any atom is -0.278 e. The first-order valence-electron chi connectivity index (χ1n) is 3.05. The molecule has 0 amide bonds. The zero-order valence-corrected chi connectivity index (χ0v) is 7.59. The van der Waals surface area contributed by atoms with Crippen molar-refractivity contribution in [1.29, 1.82) is 0 Å². The largest absolute Gasteiger partial charge is 0.278 e. The van der Waals surface area contributed by atoms with Crippen LogP contribution in [0.25, 0.3) is 10.9 Å². The van der Waals surface area contributed by atoms with E-state index in [1.807, 2.05) is 22.6 Å². The quantitative estimate of drug-likeness (QED) is 0.725. The topological polar surface area (TPSA) is 28.7 Å². The van der Waals surface area contributed by atoms with Gasteiger partial charge in [-0.3, -0.25) is 5.10 Å². The lowest BCUT2D eigenvalue weighted by Crippen LogP contribution is -1.79. The van der Waals surface area contributed by atoms with Crippen LogP contribution >= 0.6 is 22.6 Å². The fourth-order valence-electron chi connectivity index (χ4n) is 0.937. The van der Waals surface area contributed by atoms with Gasteiger partial charge in [0.1, 0.15) is 5.82 Å². The highest BCUT2D eigenvalue weighted by molar-refractivity contribution is 14.1. The van der Waals surface area contributed by atoms with E-state index in [2.05, 4.69) is 10.2 Å². The van der Waals surface area contributed by atoms with Crippen LogP contribution in [0.15, 0.2) is 18.3 Å². The summed E-state index contributed by atoms with van der Waals surface area (Å²) in [5.74, 6) is -0.206. The van der Waals surface area contributed by atoms with Crippen molar-refractivity contribution in [3.05, 3.63) is 27.7 Å². The minimum atomic E-state index is -0.206. The summed E-state index contributed by atoms with van der Waals surface area (Å²) < 4.78 is 13.5. The van der Waals surface area contributed by atoms with Crippen LogP contribution in [0.1, 0.15) is 0 Å². The maximum atomic E-state index is 12.9. The summed E-state index contributed by atoms with van der Waals surface area (Å²) in [6.07, 6.45) is 1.68. The molecule has 0 fully saturated rings. The van der Waals surface area contributed by atoms with Crippen LogP contribution in [0.4, 0.5) is 4.39 Å². The third-order valence-electron chi connectivity index (χ3n) is 1.48. The van der Waals surface area contributed by atoms with Crippen LogP contribution in [0.5, 0.6) is 0 Å². The standard InChI is InChI=1S/C7H4FIN2/c8-5-2-7-4(1-6(5)9)3-10-11-7/h1-3H,(H,10,11). The third-order valence-corrected chi connectivity index (χ3v) is 2.31. The van der Waals surface area contributed by atoms with Gasteiger partial charge >= 0.3 is 0 Å². The van der Waals surface area contributed by atoms with E-state index >= 15 is 0 Å². The number of hydrogen-bond donors (Lipinski definition) is 1. The summed E-state index contributed by atoms with van der Waals surface area (Å²) in [4.78, 5) is 0. The monoisotopic (exact) mass is 262 g/mol. The maximum absolute atomic E-state index is 12.9. The van der Waals surface area contributed by atoms with Gasteiger partial charge in [-0.25, -0.2) is 4.39 Å².